The topological polar surface area (TPSA) is 59.1 Å². The SMILES string of the molecule is CC1Cc2cc(S(=O)(=O)N(CCN3CCOCC3)c3ccccc3)cc(Cl)c2O1. The van der Waals surface area contributed by atoms with Gasteiger partial charge in [-0.3, -0.25) is 9.21 Å². The summed E-state index contributed by atoms with van der Waals surface area (Å²) in [6.07, 6.45) is 0.643. The highest BCUT2D eigenvalue weighted by molar-refractivity contribution is 7.92. The minimum atomic E-state index is -3.78. The van der Waals surface area contributed by atoms with Crippen LogP contribution in [0.25, 0.3) is 0 Å². The van der Waals surface area contributed by atoms with Gasteiger partial charge >= 0.3 is 0 Å². The van der Waals surface area contributed by atoms with E-state index in [9.17, 15) is 8.42 Å². The molecule has 2 aromatic carbocycles. The molecule has 6 nitrogen and oxygen atoms in total. The van der Waals surface area contributed by atoms with Crippen molar-refractivity contribution in [3.05, 3.63) is 53.1 Å². The normalized spacial score (nSPS) is 19.6. The molecule has 0 aliphatic carbocycles. The largest absolute Gasteiger partial charge is 0.489 e. The van der Waals surface area contributed by atoms with Gasteiger partial charge in [-0.05, 0) is 31.2 Å². The molecule has 0 amide bonds. The zero-order chi connectivity index (χ0) is 20.4. The van der Waals surface area contributed by atoms with Crippen molar-refractivity contribution in [3.8, 4) is 5.75 Å². The number of halogens is 1. The molecule has 2 aliphatic heterocycles. The Bertz CT molecular complexity index is 962. The highest BCUT2D eigenvalue weighted by atomic mass is 35.5. The van der Waals surface area contributed by atoms with Gasteiger partial charge in [0.05, 0.1) is 28.8 Å². The van der Waals surface area contributed by atoms with E-state index in [4.69, 9.17) is 21.1 Å². The summed E-state index contributed by atoms with van der Waals surface area (Å²) in [4.78, 5) is 2.42. The third kappa shape index (κ3) is 4.38. The van der Waals surface area contributed by atoms with Crippen LogP contribution >= 0.6 is 11.6 Å². The van der Waals surface area contributed by atoms with Gasteiger partial charge < -0.3 is 9.47 Å². The van der Waals surface area contributed by atoms with Crippen molar-refractivity contribution < 1.29 is 17.9 Å². The summed E-state index contributed by atoms with van der Waals surface area (Å²) in [6.45, 7) is 5.91. The number of morpholine rings is 1. The summed E-state index contributed by atoms with van der Waals surface area (Å²) in [5, 5.41) is 0.339. The van der Waals surface area contributed by atoms with Gasteiger partial charge in [0.15, 0.2) is 0 Å². The minimum absolute atomic E-state index is 0.00741. The molecule has 0 spiro atoms. The van der Waals surface area contributed by atoms with Gasteiger partial charge in [0, 0.05) is 38.2 Å². The molecule has 29 heavy (non-hydrogen) atoms. The number of sulfonamides is 1. The molecule has 4 rings (SSSR count). The van der Waals surface area contributed by atoms with E-state index in [1.54, 1.807) is 6.07 Å². The molecule has 0 radical (unpaired) electrons. The Morgan fingerprint density at radius 2 is 1.90 bits per heavy atom. The first-order valence-corrected chi connectivity index (χ1v) is 11.6. The predicted octanol–water partition coefficient (Wildman–Crippen LogP) is 3.19. The number of fused-ring (bicyclic) bond motifs is 1. The molecule has 1 atom stereocenters. The minimum Gasteiger partial charge on any atom is -0.489 e. The van der Waals surface area contributed by atoms with E-state index in [1.807, 2.05) is 37.3 Å². The molecular weight excluding hydrogens is 412 g/mol. The Morgan fingerprint density at radius 1 is 1.17 bits per heavy atom. The van der Waals surface area contributed by atoms with Gasteiger partial charge in [-0.15, -0.1) is 0 Å². The molecule has 2 aliphatic rings. The molecule has 156 valence electrons. The summed E-state index contributed by atoms with van der Waals surface area (Å²) >= 11 is 6.37. The number of nitrogens with zero attached hydrogens (tertiary/aromatic N) is 2. The second-order valence-corrected chi connectivity index (χ2v) is 9.66. The van der Waals surface area contributed by atoms with Gasteiger partial charge in [-0.25, -0.2) is 8.42 Å². The maximum atomic E-state index is 13.6. The van der Waals surface area contributed by atoms with Crippen molar-refractivity contribution in [3.63, 3.8) is 0 Å². The van der Waals surface area contributed by atoms with Crippen LogP contribution in [0.5, 0.6) is 5.75 Å². The second kappa shape index (κ2) is 8.52. The molecule has 1 saturated heterocycles. The van der Waals surface area contributed by atoms with Crippen LogP contribution in [0.1, 0.15) is 12.5 Å². The van der Waals surface area contributed by atoms with E-state index in [0.717, 1.165) is 18.7 Å². The monoisotopic (exact) mass is 436 g/mol. The fourth-order valence-electron chi connectivity index (χ4n) is 3.77. The van der Waals surface area contributed by atoms with Crippen molar-refractivity contribution in [2.24, 2.45) is 0 Å². The molecule has 8 heteroatoms. The molecule has 0 aromatic heterocycles. The molecular formula is C21H25ClN2O4S. The van der Waals surface area contributed by atoms with Crippen molar-refractivity contribution in [1.82, 2.24) is 4.90 Å². The van der Waals surface area contributed by atoms with Crippen LogP contribution < -0.4 is 9.04 Å². The third-order valence-electron chi connectivity index (χ3n) is 5.28. The molecule has 0 saturated carbocycles. The Balaban J connectivity index is 1.66. The third-order valence-corrected chi connectivity index (χ3v) is 7.36. The van der Waals surface area contributed by atoms with Gasteiger partial charge in [-0.2, -0.15) is 0 Å². The fourth-order valence-corrected chi connectivity index (χ4v) is 5.66. The van der Waals surface area contributed by atoms with E-state index in [1.165, 1.54) is 10.4 Å². The van der Waals surface area contributed by atoms with Crippen molar-refractivity contribution in [1.29, 1.82) is 0 Å². The Labute approximate surface area is 177 Å². The molecule has 2 aromatic rings. The van der Waals surface area contributed by atoms with Crippen LogP contribution in [-0.2, 0) is 21.2 Å². The maximum Gasteiger partial charge on any atom is 0.264 e. The van der Waals surface area contributed by atoms with E-state index in [2.05, 4.69) is 4.90 Å². The fraction of sp³-hybridized carbons (Fsp3) is 0.429. The summed E-state index contributed by atoms with van der Waals surface area (Å²) in [5.74, 6) is 0.595. The summed E-state index contributed by atoms with van der Waals surface area (Å²) in [6, 6.07) is 12.4. The molecule has 1 unspecified atom stereocenters. The number of hydrogen-bond acceptors (Lipinski definition) is 5. The van der Waals surface area contributed by atoms with Crippen LogP contribution in [0, 0.1) is 0 Å². The van der Waals surface area contributed by atoms with Crippen molar-refractivity contribution in [2.45, 2.75) is 24.3 Å². The van der Waals surface area contributed by atoms with Crippen molar-refractivity contribution in [2.75, 3.05) is 43.7 Å². The number of hydrogen-bond donors (Lipinski definition) is 0. The standard InChI is InChI=1S/C21H25ClN2O4S/c1-16-13-17-14-19(15-20(22)21(17)28-16)29(25,26)24(18-5-3-2-4-6-18)8-7-23-9-11-27-12-10-23/h2-6,14-16H,7-13H2,1H3. The van der Waals surface area contributed by atoms with Gasteiger partial charge in [0.25, 0.3) is 10.0 Å². The lowest BCUT2D eigenvalue weighted by molar-refractivity contribution is 0.0395. The Morgan fingerprint density at radius 3 is 2.62 bits per heavy atom. The number of rotatable bonds is 6. The quantitative estimate of drug-likeness (QED) is 0.696. The second-order valence-electron chi connectivity index (χ2n) is 7.39. The highest BCUT2D eigenvalue weighted by Gasteiger charge is 2.30. The zero-order valence-electron chi connectivity index (χ0n) is 16.4. The van der Waals surface area contributed by atoms with Crippen LogP contribution in [-0.4, -0.2) is 58.8 Å². The first-order valence-electron chi connectivity index (χ1n) is 9.82. The Kier molecular flexibility index (Phi) is 6.01. The van der Waals surface area contributed by atoms with E-state index in [0.29, 0.717) is 49.2 Å². The predicted molar refractivity (Wildman–Crippen MR) is 113 cm³/mol. The smallest absolute Gasteiger partial charge is 0.264 e. The van der Waals surface area contributed by atoms with Gasteiger partial charge in [0.1, 0.15) is 11.9 Å². The van der Waals surface area contributed by atoms with E-state index in [-0.39, 0.29) is 11.0 Å². The molecule has 2 heterocycles. The maximum absolute atomic E-state index is 13.6. The van der Waals surface area contributed by atoms with E-state index < -0.39 is 10.0 Å². The van der Waals surface area contributed by atoms with Crippen LogP contribution in [0.2, 0.25) is 5.02 Å². The van der Waals surface area contributed by atoms with Crippen LogP contribution in [0.4, 0.5) is 5.69 Å². The number of para-hydroxylation sites is 1. The van der Waals surface area contributed by atoms with Crippen LogP contribution in [0.15, 0.2) is 47.4 Å². The highest BCUT2D eigenvalue weighted by Crippen LogP contribution is 2.39. The number of benzene rings is 2. The molecule has 1 fully saturated rings. The first-order chi connectivity index (χ1) is 13.9. The molecule has 0 N–H and O–H groups in total. The lowest BCUT2D eigenvalue weighted by atomic mass is 10.1. The zero-order valence-corrected chi connectivity index (χ0v) is 18.0. The van der Waals surface area contributed by atoms with E-state index >= 15 is 0 Å². The summed E-state index contributed by atoms with van der Waals surface area (Å²) in [5.41, 5.74) is 1.48. The lowest BCUT2D eigenvalue weighted by Gasteiger charge is -2.30. The lowest BCUT2D eigenvalue weighted by Crippen LogP contribution is -2.43. The van der Waals surface area contributed by atoms with Crippen LogP contribution in [0.3, 0.4) is 0 Å². The number of anilines is 1. The average molecular weight is 437 g/mol. The first kappa shape index (κ1) is 20.5. The summed E-state index contributed by atoms with van der Waals surface area (Å²) < 4.78 is 39.8. The van der Waals surface area contributed by atoms with Gasteiger partial charge in [0.2, 0.25) is 0 Å². The number of ether oxygens (including phenoxy) is 2. The summed E-state index contributed by atoms with van der Waals surface area (Å²) in [7, 11) is -3.78. The van der Waals surface area contributed by atoms with Crippen molar-refractivity contribution >= 4 is 27.3 Å². The average Bonchev–Trinajstić information content (AvgIpc) is 3.10. The molecule has 0 bridgehead atoms. The van der Waals surface area contributed by atoms with Gasteiger partial charge in [-0.1, -0.05) is 29.8 Å². The Hall–Kier alpha value is -1.80.